The molecule has 0 aromatic heterocycles. The molecule has 0 saturated heterocycles. The maximum absolute atomic E-state index is 8.24. The molecular formula is C10H16N2O2S. The van der Waals surface area contributed by atoms with Gasteiger partial charge in [0.25, 0.3) is 0 Å². The molecule has 0 N–H and O–H groups in total. The number of nitriles is 2. The van der Waals surface area contributed by atoms with Crippen molar-refractivity contribution in [1.29, 1.82) is 10.5 Å². The number of nitrogens with zero attached hydrogens (tertiary/aromatic N) is 2. The minimum Gasteiger partial charge on any atom is -0.380 e. The fourth-order valence-corrected chi connectivity index (χ4v) is 1.45. The van der Waals surface area contributed by atoms with Crippen molar-refractivity contribution in [3.63, 3.8) is 0 Å². The number of hydrogen-bond acceptors (Lipinski definition) is 5. The Labute approximate surface area is 95.2 Å². The quantitative estimate of drug-likeness (QED) is 0.531. The maximum atomic E-state index is 8.24. The molecule has 0 amide bonds. The molecule has 0 aliphatic carbocycles. The van der Waals surface area contributed by atoms with Crippen molar-refractivity contribution in [3.8, 4) is 12.1 Å². The van der Waals surface area contributed by atoms with E-state index < -0.39 is 0 Å². The third-order valence-corrected chi connectivity index (χ3v) is 2.37. The summed E-state index contributed by atoms with van der Waals surface area (Å²) in [6.45, 7) is 2.42. The van der Waals surface area contributed by atoms with Crippen LogP contribution in [0.15, 0.2) is 0 Å². The van der Waals surface area contributed by atoms with E-state index in [1.54, 1.807) is 11.8 Å². The normalized spacial score (nSPS) is 9.47. The minimum atomic E-state index is 0.460. The summed E-state index contributed by atoms with van der Waals surface area (Å²) in [7, 11) is 0. The SMILES string of the molecule is N#CCCOCCSCCOCCC#N. The van der Waals surface area contributed by atoms with E-state index in [4.69, 9.17) is 20.0 Å². The van der Waals surface area contributed by atoms with Crippen molar-refractivity contribution in [2.45, 2.75) is 12.8 Å². The van der Waals surface area contributed by atoms with Crippen LogP contribution in [0.2, 0.25) is 0 Å². The summed E-state index contributed by atoms with van der Waals surface area (Å²) in [6.07, 6.45) is 0.921. The Kier molecular flexibility index (Phi) is 12.6. The van der Waals surface area contributed by atoms with Crippen LogP contribution in [0.25, 0.3) is 0 Å². The van der Waals surface area contributed by atoms with E-state index >= 15 is 0 Å². The molecule has 0 aromatic rings. The van der Waals surface area contributed by atoms with Gasteiger partial charge in [0.2, 0.25) is 0 Å². The summed E-state index contributed by atoms with van der Waals surface area (Å²) in [5, 5.41) is 16.5. The summed E-state index contributed by atoms with van der Waals surface area (Å²) >= 11 is 1.75. The molecule has 84 valence electrons. The molecule has 0 rings (SSSR count). The van der Waals surface area contributed by atoms with Gasteiger partial charge in [-0.2, -0.15) is 22.3 Å². The summed E-state index contributed by atoms with van der Waals surface area (Å²) < 4.78 is 10.4. The van der Waals surface area contributed by atoms with Gasteiger partial charge >= 0.3 is 0 Å². The molecule has 4 nitrogen and oxygen atoms in total. The van der Waals surface area contributed by atoms with Gasteiger partial charge in [-0.15, -0.1) is 0 Å². The van der Waals surface area contributed by atoms with E-state index in [0.29, 0.717) is 39.3 Å². The number of hydrogen-bond donors (Lipinski definition) is 0. The van der Waals surface area contributed by atoms with Crippen LogP contribution in [0.3, 0.4) is 0 Å². The zero-order valence-corrected chi connectivity index (χ0v) is 9.59. The van der Waals surface area contributed by atoms with Gasteiger partial charge in [0, 0.05) is 11.5 Å². The summed E-state index contributed by atoms with van der Waals surface area (Å²) in [5.41, 5.74) is 0. The second-order valence-corrected chi connectivity index (χ2v) is 3.88. The van der Waals surface area contributed by atoms with Crippen LogP contribution < -0.4 is 0 Å². The Morgan fingerprint density at radius 3 is 1.67 bits per heavy atom. The first-order chi connectivity index (χ1) is 7.41. The van der Waals surface area contributed by atoms with Crippen LogP contribution in [0.4, 0.5) is 0 Å². The predicted octanol–water partition coefficient (Wildman–Crippen LogP) is 1.58. The molecule has 0 unspecified atom stereocenters. The Balaban J connectivity index is 2.88. The van der Waals surface area contributed by atoms with E-state index in [2.05, 4.69) is 0 Å². The van der Waals surface area contributed by atoms with Gasteiger partial charge in [-0.1, -0.05) is 0 Å². The third-order valence-electron chi connectivity index (χ3n) is 1.46. The van der Waals surface area contributed by atoms with Crippen LogP contribution in [-0.4, -0.2) is 37.9 Å². The highest BCUT2D eigenvalue weighted by Gasteiger charge is 1.91. The molecule has 0 radical (unpaired) electrons. The first kappa shape index (κ1) is 14.2. The molecule has 0 bridgehead atoms. The van der Waals surface area contributed by atoms with E-state index in [9.17, 15) is 0 Å². The van der Waals surface area contributed by atoms with E-state index in [0.717, 1.165) is 11.5 Å². The van der Waals surface area contributed by atoms with Crippen molar-refractivity contribution in [3.05, 3.63) is 0 Å². The smallest absolute Gasteiger partial charge is 0.0645 e. The molecule has 0 heterocycles. The monoisotopic (exact) mass is 228 g/mol. The van der Waals surface area contributed by atoms with Gasteiger partial charge in [-0.3, -0.25) is 0 Å². The van der Waals surface area contributed by atoms with Crippen molar-refractivity contribution in [1.82, 2.24) is 0 Å². The van der Waals surface area contributed by atoms with Crippen LogP contribution in [0.1, 0.15) is 12.8 Å². The average molecular weight is 228 g/mol. The second-order valence-electron chi connectivity index (χ2n) is 2.65. The van der Waals surface area contributed by atoms with Crippen LogP contribution >= 0.6 is 11.8 Å². The first-order valence-electron chi connectivity index (χ1n) is 4.89. The zero-order valence-electron chi connectivity index (χ0n) is 8.78. The molecule has 0 aliphatic heterocycles. The van der Waals surface area contributed by atoms with Crippen LogP contribution in [0.5, 0.6) is 0 Å². The molecular weight excluding hydrogens is 212 g/mol. The molecule has 0 fully saturated rings. The van der Waals surface area contributed by atoms with Crippen molar-refractivity contribution >= 4 is 11.8 Å². The largest absolute Gasteiger partial charge is 0.380 e. The fourth-order valence-electron chi connectivity index (χ4n) is 0.778. The van der Waals surface area contributed by atoms with Crippen LogP contribution in [-0.2, 0) is 9.47 Å². The minimum absolute atomic E-state index is 0.460. The average Bonchev–Trinajstić information content (AvgIpc) is 2.26. The van der Waals surface area contributed by atoms with E-state index in [1.165, 1.54) is 0 Å². The Bertz CT molecular complexity index is 188. The molecule has 0 saturated carbocycles. The number of thioether (sulfide) groups is 1. The Morgan fingerprint density at radius 1 is 0.800 bits per heavy atom. The summed E-state index contributed by atoms with van der Waals surface area (Å²) in [5.74, 6) is 1.85. The molecule has 0 atom stereocenters. The Hall–Kier alpha value is -0.750. The fraction of sp³-hybridized carbons (Fsp3) is 0.800. The van der Waals surface area contributed by atoms with Crippen molar-refractivity contribution in [2.24, 2.45) is 0 Å². The van der Waals surface area contributed by atoms with Gasteiger partial charge < -0.3 is 9.47 Å². The van der Waals surface area contributed by atoms with Gasteiger partial charge in [0.1, 0.15) is 0 Å². The van der Waals surface area contributed by atoms with Crippen molar-refractivity contribution < 1.29 is 9.47 Å². The van der Waals surface area contributed by atoms with Crippen LogP contribution in [0, 0.1) is 22.7 Å². The number of rotatable bonds is 10. The van der Waals surface area contributed by atoms with Gasteiger partial charge in [0.15, 0.2) is 0 Å². The topological polar surface area (TPSA) is 66.0 Å². The highest BCUT2D eigenvalue weighted by Crippen LogP contribution is 1.99. The second kappa shape index (κ2) is 13.2. The summed E-state index contributed by atoms with van der Waals surface area (Å²) in [4.78, 5) is 0. The maximum Gasteiger partial charge on any atom is 0.0645 e. The lowest BCUT2D eigenvalue weighted by Gasteiger charge is -2.02. The lowest BCUT2D eigenvalue weighted by molar-refractivity contribution is 0.153. The molecule has 0 spiro atoms. The highest BCUT2D eigenvalue weighted by atomic mass is 32.2. The third kappa shape index (κ3) is 13.2. The lowest BCUT2D eigenvalue weighted by atomic mass is 10.5. The highest BCUT2D eigenvalue weighted by molar-refractivity contribution is 7.99. The summed E-state index contributed by atoms with van der Waals surface area (Å²) in [6, 6.07) is 4.04. The standard InChI is InChI=1S/C10H16N2O2S/c11-3-1-5-13-7-9-15-10-8-14-6-2-4-12/h1-2,5-10H2. The zero-order chi connectivity index (χ0) is 11.2. The van der Waals surface area contributed by atoms with Gasteiger partial charge in [-0.25, -0.2) is 0 Å². The molecule has 0 aromatic carbocycles. The van der Waals surface area contributed by atoms with Gasteiger partial charge in [0.05, 0.1) is 51.4 Å². The first-order valence-corrected chi connectivity index (χ1v) is 6.04. The lowest BCUT2D eigenvalue weighted by Crippen LogP contribution is -2.02. The van der Waals surface area contributed by atoms with Gasteiger partial charge in [-0.05, 0) is 0 Å². The van der Waals surface area contributed by atoms with E-state index in [1.807, 2.05) is 12.1 Å². The Morgan fingerprint density at radius 2 is 1.27 bits per heavy atom. The predicted molar refractivity (Wildman–Crippen MR) is 59.4 cm³/mol. The number of ether oxygens (including phenoxy) is 2. The van der Waals surface area contributed by atoms with Crippen molar-refractivity contribution in [2.75, 3.05) is 37.9 Å². The molecule has 5 heteroatoms. The van der Waals surface area contributed by atoms with E-state index in [-0.39, 0.29) is 0 Å². The molecule has 15 heavy (non-hydrogen) atoms. The molecule has 0 aliphatic rings.